The zero-order valence-corrected chi connectivity index (χ0v) is 18.2. The lowest BCUT2D eigenvalue weighted by atomic mass is 10.1. The van der Waals surface area contributed by atoms with Crippen LogP contribution in [0.3, 0.4) is 0 Å². The lowest BCUT2D eigenvalue weighted by Gasteiger charge is -2.16. The van der Waals surface area contributed by atoms with E-state index in [-0.39, 0.29) is 23.3 Å². The van der Waals surface area contributed by atoms with Gasteiger partial charge in [0.2, 0.25) is 0 Å². The van der Waals surface area contributed by atoms with Gasteiger partial charge in [-0.15, -0.1) is 0 Å². The third kappa shape index (κ3) is 4.44. The molecule has 0 fully saturated rings. The van der Waals surface area contributed by atoms with Gasteiger partial charge in [-0.3, -0.25) is 14.5 Å². The molecule has 0 atom stereocenters. The molecule has 6 nitrogen and oxygen atoms in total. The Morgan fingerprint density at radius 1 is 0.933 bits per heavy atom. The number of nitrogens with zero attached hydrogens (tertiary/aromatic N) is 1. The molecular weight excluding hydrogens is 406 g/mol. The molecule has 2 aromatic rings. The molecule has 0 N–H and O–H groups in total. The molecule has 2 aromatic carbocycles. The fraction of sp³-hybridized carbons (Fsp3) is 0.304. The maximum Gasteiger partial charge on any atom is 0.273 e. The summed E-state index contributed by atoms with van der Waals surface area (Å²) in [6, 6.07) is 12.5. The molecule has 0 spiro atoms. The molecule has 2 amide bonds. The Labute approximate surface area is 181 Å². The molecule has 0 saturated heterocycles. The van der Waals surface area contributed by atoms with E-state index in [2.05, 4.69) is 0 Å². The number of hydrogen-bond acceptors (Lipinski definition) is 5. The van der Waals surface area contributed by atoms with Crippen LogP contribution in [-0.2, 0) is 16.0 Å². The number of ether oxygens (including phenoxy) is 3. The molecule has 0 aromatic heterocycles. The van der Waals surface area contributed by atoms with E-state index in [9.17, 15) is 9.59 Å². The maximum atomic E-state index is 12.9. The van der Waals surface area contributed by atoms with Crippen molar-refractivity contribution in [2.24, 2.45) is 0 Å². The van der Waals surface area contributed by atoms with Gasteiger partial charge in [0.25, 0.3) is 11.8 Å². The summed E-state index contributed by atoms with van der Waals surface area (Å²) in [6.45, 7) is 4.08. The monoisotopic (exact) mass is 429 g/mol. The first-order valence-electron chi connectivity index (χ1n) is 9.59. The van der Waals surface area contributed by atoms with Crippen molar-refractivity contribution < 1.29 is 23.8 Å². The van der Waals surface area contributed by atoms with Crippen molar-refractivity contribution in [3.8, 4) is 17.2 Å². The first kappa shape index (κ1) is 21.7. The predicted octanol–water partition coefficient (Wildman–Crippen LogP) is 4.05. The molecule has 7 heteroatoms. The fourth-order valence-corrected chi connectivity index (χ4v) is 3.54. The number of methoxy groups -OCH3 is 2. The SMILES string of the molecule is COc1ccc(CCN2C(=O)C(Cl)=C(c3ccc(OC(C)C)cc3)C2=O)cc1OC. The highest BCUT2D eigenvalue weighted by atomic mass is 35.5. The van der Waals surface area contributed by atoms with E-state index in [1.165, 1.54) is 4.90 Å². The van der Waals surface area contributed by atoms with Crippen LogP contribution >= 0.6 is 11.6 Å². The van der Waals surface area contributed by atoms with Gasteiger partial charge in [0, 0.05) is 6.54 Å². The number of carbonyl (C=O) groups excluding carboxylic acids is 2. The van der Waals surface area contributed by atoms with Gasteiger partial charge in [-0.1, -0.05) is 29.8 Å². The maximum absolute atomic E-state index is 12.9. The van der Waals surface area contributed by atoms with Gasteiger partial charge >= 0.3 is 0 Å². The Hall–Kier alpha value is -2.99. The Morgan fingerprint density at radius 3 is 2.20 bits per heavy atom. The van der Waals surface area contributed by atoms with Crippen molar-refractivity contribution in [3.63, 3.8) is 0 Å². The Bertz CT molecular complexity index is 982. The summed E-state index contributed by atoms with van der Waals surface area (Å²) in [6.07, 6.45) is 0.511. The molecule has 0 aliphatic carbocycles. The summed E-state index contributed by atoms with van der Waals surface area (Å²) >= 11 is 6.25. The van der Waals surface area contributed by atoms with Crippen molar-refractivity contribution in [2.75, 3.05) is 20.8 Å². The minimum Gasteiger partial charge on any atom is -0.493 e. The van der Waals surface area contributed by atoms with E-state index in [1.54, 1.807) is 44.6 Å². The standard InChI is InChI=1S/C23H24ClNO5/c1-14(2)30-17-8-6-16(7-9-17)20-21(24)23(27)25(22(20)26)12-11-15-5-10-18(28-3)19(13-15)29-4/h5-10,13-14H,11-12H2,1-4H3. The fourth-order valence-electron chi connectivity index (χ4n) is 3.25. The Morgan fingerprint density at radius 2 is 1.60 bits per heavy atom. The minimum atomic E-state index is -0.486. The number of hydrogen-bond donors (Lipinski definition) is 0. The Balaban J connectivity index is 1.74. The van der Waals surface area contributed by atoms with Crippen LogP contribution in [0.1, 0.15) is 25.0 Å². The molecule has 1 heterocycles. The van der Waals surface area contributed by atoms with Gasteiger partial charge in [0.05, 0.1) is 25.9 Å². The zero-order valence-electron chi connectivity index (χ0n) is 17.4. The minimum absolute atomic E-state index is 0.0421. The first-order chi connectivity index (χ1) is 14.3. The average molecular weight is 430 g/mol. The summed E-state index contributed by atoms with van der Waals surface area (Å²) in [7, 11) is 3.12. The van der Waals surface area contributed by atoms with Gasteiger partial charge in [-0.05, 0) is 55.7 Å². The largest absolute Gasteiger partial charge is 0.493 e. The second kappa shape index (κ2) is 9.22. The van der Waals surface area contributed by atoms with Crippen LogP contribution < -0.4 is 14.2 Å². The van der Waals surface area contributed by atoms with Crippen LogP contribution in [-0.4, -0.2) is 43.6 Å². The van der Waals surface area contributed by atoms with E-state index in [4.69, 9.17) is 25.8 Å². The van der Waals surface area contributed by atoms with Gasteiger partial charge in [0.15, 0.2) is 11.5 Å². The highest BCUT2D eigenvalue weighted by Crippen LogP contribution is 2.33. The molecule has 3 rings (SSSR count). The summed E-state index contributed by atoms with van der Waals surface area (Å²) in [5.74, 6) is 1.01. The molecule has 1 aliphatic heterocycles. The highest BCUT2D eigenvalue weighted by Gasteiger charge is 2.37. The van der Waals surface area contributed by atoms with Crippen molar-refractivity contribution in [2.45, 2.75) is 26.4 Å². The van der Waals surface area contributed by atoms with Gasteiger partial charge in [-0.25, -0.2) is 0 Å². The normalized spacial score (nSPS) is 14.0. The molecule has 0 saturated carbocycles. The predicted molar refractivity (Wildman–Crippen MR) is 115 cm³/mol. The van der Waals surface area contributed by atoms with Crippen LogP contribution in [0.25, 0.3) is 5.57 Å². The highest BCUT2D eigenvalue weighted by molar-refractivity contribution is 6.55. The van der Waals surface area contributed by atoms with Crippen LogP contribution in [0.15, 0.2) is 47.5 Å². The Kier molecular flexibility index (Phi) is 6.67. The number of halogens is 1. The van der Waals surface area contributed by atoms with Crippen LogP contribution in [0.2, 0.25) is 0 Å². The topological polar surface area (TPSA) is 65.1 Å². The van der Waals surface area contributed by atoms with E-state index in [0.717, 1.165) is 5.56 Å². The van der Waals surface area contributed by atoms with E-state index in [1.807, 2.05) is 26.0 Å². The van der Waals surface area contributed by atoms with Crippen molar-refractivity contribution in [1.29, 1.82) is 0 Å². The third-order valence-corrected chi connectivity index (χ3v) is 5.05. The quantitative estimate of drug-likeness (QED) is 0.592. The number of benzene rings is 2. The number of amides is 2. The smallest absolute Gasteiger partial charge is 0.273 e. The van der Waals surface area contributed by atoms with Crippen LogP contribution in [0.5, 0.6) is 17.2 Å². The number of imide groups is 1. The molecule has 158 valence electrons. The van der Waals surface area contributed by atoms with Gasteiger partial charge < -0.3 is 14.2 Å². The second-order valence-corrected chi connectivity index (χ2v) is 7.46. The second-order valence-electron chi connectivity index (χ2n) is 7.08. The number of rotatable bonds is 8. The summed E-state index contributed by atoms with van der Waals surface area (Å²) in [4.78, 5) is 26.7. The van der Waals surface area contributed by atoms with E-state index >= 15 is 0 Å². The molecule has 1 aliphatic rings. The molecule has 30 heavy (non-hydrogen) atoms. The van der Waals surface area contributed by atoms with Crippen LogP contribution in [0.4, 0.5) is 0 Å². The lowest BCUT2D eigenvalue weighted by Crippen LogP contribution is -2.33. The van der Waals surface area contributed by atoms with Crippen molar-refractivity contribution in [3.05, 3.63) is 58.6 Å². The van der Waals surface area contributed by atoms with E-state index < -0.39 is 11.8 Å². The first-order valence-corrected chi connectivity index (χ1v) is 9.97. The van der Waals surface area contributed by atoms with Crippen LogP contribution in [0, 0.1) is 0 Å². The number of carbonyl (C=O) groups is 2. The summed E-state index contributed by atoms with van der Waals surface area (Å²) < 4.78 is 16.2. The molecule has 0 unspecified atom stereocenters. The molecular formula is C23H24ClNO5. The molecule has 0 radical (unpaired) electrons. The summed E-state index contributed by atoms with van der Waals surface area (Å²) in [5.41, 5.74) is 1.71. The third-order valence-electron chi connectivity index (χ3n) is 4.70. The van der Waals surface area contributed by atoms with Gasteiger partial charge in [0.1, 0.15) is 10.8 Å². The zero-order chi connectivity index (χ0) is 21.8. The van der Waals surface area contributed by atoms with Crippen molar-refractivity contribution in [1.82, 2.24) is 4.90 Å². The van der Waals surface area contributed by atoms with Gasteiger partial charge in [-0.2, -0.15) is 0 Å². The molecule has 0 bridgehead atoms. The average Bonchev–Trinajstić information content (AvgIpc) is 2.94. The summed E-state index contributed by atoms with van der Waals surface area (Å²) in [5, 5.41) is -0.0650. The lowest BCUT2D eigenvalue weighted by molar-refractivity contribution is -0.136. The van der Waals surface area contributed by atoms with Crippen molar-refractivity contribution >= 4 is 29.0 Å². The van der Waals surface area contributed by atoms with E-state index in [0.29, 0.717) is 29.2 Å².